The second-order valence-electron chi connectivity index (χ2n) is 6.98. The first-order valence-corrected chi connectivity index (χ1v) is 10.2. The molecule has 1 saturated heterocycles. The number of aromatic nitrogens is 3. The third-order valence-electron chi connectivity index (χ3n) is 4.96. The van der Waals surface area contributed by atoms with Crippen LogP contribution in [0.5, 0.6) is 0 Å². The molecular formula is C20H23N5OS. The van der Waals surface area contributed by atoms with E-state index in [1.165, 1.54) is 4.88 Å². The Labute approximate surface area is 162 Å². The van der Waals surface area contributed by atoms with Gasteiger partial charge < -0.3 is 10.2 Å². The van der Waals surface area contributed by atoms with Gasteiger partial charge in [-0.15, -0.1) is 11.3 Å². The highest BCUT2D eigenvalue weighted by atomic mass is 32.1. The number of carbonyl (C=O) groups excluding carboxylic acids is 1. The minimum absolute atomic E-state index is 0.0286. The predicted octanol–water partition coefficient (Wildman–Crippen LogP) is 3.81. The number of anilines is 2. The van der Waals surface area contributed by atoms with E-state index in [4.69, 9.17) is 0 Å². The molecule has 4 rings (SSSR count). The first-order chi connectivity index (χ1) is 13.1. The Hall–Kier alpha value is -2.54. The zero-order valence-corrected chi connectivity index (χ0v) is 16.4. The highest BCUT2D eigenvalue weighted by molar-refractivity contribution is 7.18. The number of piperidine rings is 1. The summed E-state index contributed by atoms with van der Waals surface area (Å²) in [5, 5.41) is 4.05. The van der Waals surface area contributed by atoms with Crippen LogP contribution in [-0.2, 0) is 11.2 Å². The van der Waals surface area contributed by atoms with E-state index in [-0.39, 0.29) is 11.8 Å². The largest absolute Gasteiger partial charge is 0.355 e. The molecule has 0 aromatic carbocycles. The zero-order valence-electron chi connectivity index (χ0n) is 15.6. The number of rotatable bonds is 4. The monoisotopic (exact) mass is 381 g/mol. The lowest BCUT2D eigenvalue weighted by Crippen LogP contribution is -2.41. The molecule has 0 aliphatic carbocycles. The summed E-state index contributed by atoms with van der Waals surface area (Å²) in [7, 11) is 0. The lowest BCUT2D eigenvalue weighted by atomic mass is 9.97. The molecule has 140 valence electrons. The molecular weight excluding hydrogens is 358 g/mol. The van der Waals surface area contributed by atoms with Crippen LogP contribution in [0.4, 0.5) is 11.6 Å². The highest BCUT2D eigenvalue weighted by Crippen LogP contribution is 2.32. The smallest absolute Gasteiger partial charge is 0.230 e. The van der Waals surface area contributed by atoms with E-state index < -0.39 is 0 Å². The van der Waals surface area contributed by atoms with E-state index >= 15 is 0 Å². The highest BCUT2D eigenvalue weighted by Gasteiger charge is 2.28. The van der Waals surface area contributed by atoms with Gasteiger partial charge in [-0.25, -0.2) is 15.0 Å². The van der Waals surface area contributed by atoms with Gasteiger partial charge in [0.1, 0.15) is 22.8 Å². The maximum atomic E-state index is 12.7. The molecule has 1 aliphatic rings. The molecule has 6 nitrogen and oxygen atoms in total. The van der Waals surface area contributed by atoms with E-state index in [9.17, 15) is 4.79 Å². The van der Waals surface area contributed by atoms with Gasteiger partial charge in [0.15, 0.2) is 0 Å². The number of amides is 1. The average molecular weight is 382 g/mol. The van der Waals surface area contributed by atoms with Crippen molar-refractivity contribution in [3.63, 3.8) is 0 Å². The number of hydrogen-bond acceptors (Lipinski definition) is 6. The number of carbonyl (C=O) groups is 1. The van der Waals surface area contributed by atoms with Gasteiger partial charge in [-0.3, -0.25) is 4.79 Å². The number of pyridine rings is 1. The van der Waals surface area contributed by atoms with Crippen LogP contribution in [0, 0.1) is 12.8 Å². The topological polar surface area (TPSA) is 71.0 Å². The molecule has 0 spiro atoms. The first-order valence-electron chi connectivity index (χ1n) is 9.36. The first kappa shape index (κ1) is 17.9. The maximum Gasteiger partial charge on any atom is 0.230 e. The molecule has 0 radical (unpaired) electrons. The van der Waals surface area contributed by atoms with Crippen molar-refractivity contribution in [2.75, 3.05) is 23.3 Å². The second-order valence-corrected chi connectivity index (χ2v) is 8.09. The Morgan fingerprint density at radius 3 is 3.00 bits per heavy atom. The second kappa shape index (κ2) is 7.60. The third kappa shape index (κ3) is 3.78. The van der Waals surface area contributed by atoms with E-state index in [1.54, 1.807) is 23.9 Å². The van der Waals surface area contributed by atoms with Crippen molar-refractivity contribution < 1.29 is 4.79 Å². The van der Waals surface area contributed by atoms with E-state index in [1.807, 2.05) is 19.1 Å². The molecule has 0 unspecified atom stereocenters. The maximum absolute atomic E-state index is 12.7. The lowest BCUT2D eigenvalue weighted by Gasteiger charge is -2.33. The molecule has 27 heavy (non-hydrogen) atoms. The van der Waals surface area contributed by atoms with E-state index in [0.717, 1.165) is 47.4 Å². The van der Waals surface area contributed by atoms with Crippen molar-refractivity contribution in [3.05, 3.63) is 41.2 Å². The summed E-state index contributed by atoms with van der Waals surface area (Å²) in [6.45, 7) is 5.71. The van der Waals surface area contributed by atoms with Gasteiger partial charge >= 0.3 is 0 Å². The Bertz CT molecular complexity index is 953. The summed E-state index contributed by atoms with van der Waals surface area (Å²) in [6, 6.07) is 5.99. The van der Waals surface area contributed by atoms with Gasteiger partial charge in [0.2, 0.25) is 5.91 Å². The molecule has 7 heteroatoms. The van der Waals surface area contributed by atoms with Crippen LogP contribution in [0.1, 0.15) is 30.2 Å². The summed E-state index contributed by atoms with van der Waals surface area (Å²) in [5.41, 5.74) is 1.08. The summed E-state index contributed by atoms with van der Waals surface area (Å²) in [5.74, 6) is 1.51. The Balaban J connectivity index is 1.52. The van der Waals surface area contributed by atoms with Gasteiger partial charge in [-0.05, 0) is 43.9 Å². The van der Waals surface area contributed by atoms with Gasteiger partial charge in [0.25, 0.3) is 0 Å². The van der Waals surface area contributed by atoms with Crippen LogP contribution >= 0.6 is 11.3 Å². The van der Waals surface area contributed by atoms with Gasteiger partial charge in [0.05, 0.1) is 11.3 Å². The third-order valence-corrected chi connectivity index (χ3v) is 6.15. The Morgan fingerprint density at radius 2 is 2.22 bits per heavy atom. The molecule has 1 amide bonds. The average Bonchev–Trinajstić information content (AvgIpc) is 3.13. The fourth-order valence-corrected chi connectivity index (χ4v) is 4.40. The minimum atomic E-state index is -0.0730. The molecule has 0 saturated carbocycles. The Kier molecular flexibility index (Phi) is 5.03. The number of thiophene rings is 1. The summed E-state index contributed by atoms with van der Waals surface area (Å²) in [6.07, 6.45) is 6.24. The Morgan fingerprint density at radius 1 is 1.33 bits per heavy atom. The molecule has 4 heterocycles. The van der Waals surface area contributed by atoms with Crippen LogP contribution in [-0.4, -0.2) is 33.9 Å². The van der Waals surface area contributed by atoms with Crippen molar-refractivity contribution in [2.24, 2.45) is 5.92 Å². The summed E-state index contributed by atoms with van der Waals surface area (Å²) >= 11 is 1.72. The number of hydrogen-bond donors (Lipinski definition) is 1. The fraction of sp³-hybridized carbons (Fsp3) is 0.400. The summed E-state index contributed by atoms with van der Waals surface area (Å²) < 4.78 is 0. The van der Waals surface area contributed by atoms with Crippen molar-refractivity contribution in [1.82, 2.24) is 15.0 Å². The fourth-order valence-electron chi connectivity index (χ4n) is 3.47. The van der Waals surface area contributed by atoms with Crippen LogP contribution in [0.2, 0.25) is 0 Å². The zero-order chi connectivity index (χ0) is 18.8. The van der Waals surface area contributed by atoms with E-state index in [0.29, 0.717) is 12.4 Å². The van der Waals surface area contributed by atoms with Crippen molar-refractivity contribution in [2.45, 2.75) is 33.1 Å². The molecule has 1 aliphatic heterocycles. The molecule has 1 atom stereocenters. The number of nitrogens with one attached hydrogen (secondary N) is 1. The number of aryl methyl sites for hydroxylation is 2. The van der Waals surface area contributed by atoms with Crippen LogP contribution in [0.25, 0.3) is 10.2 Å². The van der Waals surface area contributed by atoms with E-state index in [2.05, 4.69) is 38.2 Å². The van der Waals surface area contributed by atoms with Crippen molar-refractivity contribution in [3.8, 4) is 0 Å². The van der Waals surface area contributed by atoms with Crippen LogP contribution < -0.4 is 10.2 Å². The molecule has 0 bridgehead atoms. The van der Waals surface area contributed by atoms with Gasteiger partial charge in [-0.2, -0.15) is 0 Å². The molecule has 3 aromatic rings. The quantitative estimate of drug-likeness (QED) is 0.744. The van der Waals surface area contributed by atoms with Gasteiger partial charge in [0, 0.05) is 24.2 Å². The normalized spacial score (nSPS) is 17.3. The van der Waals surface area contributed by atoms with Crippen molar-refractivity contribution in [1.29, 1.82) is 0 Å². The van der Waals surface area contributed by atoms with Crippen molar-refractivity contribution >= 4 is 39.1 Å². The molecule has 1 fully saturated rings. The van der Waals surface area contributed by atoms with Gasteiger partial charge in [-0.1, -0.05) is 13.0 Å². The SMILES string of the molecule is CCc1cc2c(N3CCC[C@@H](C(=O)Nc4ccc(C)cn4)C3)ncnc2s1. The summed E-state index contributed by atoms with van der Waals surface area (Å²) in [4.78, 5) is 30.5. The minimum Gasteiger partial charge on any atom is -0.355 e. The predicted molar refractivity (Wildman–Crippen MR) is 109 cm³/mol. The van der Waals surface area contributed by atoms with Crippen LogP contribution in [0.3, 0.4) is 0 Å². The van der Waals surface area contributed by atoms with Crippen LogP contribution in [0.15, 0.2) is 30.7 Å². The molecule has 1 N–H and O–H groups in total. The standard InChI is InChI=1S/C20H23N5OS/c1-3-15-9-16-18(22-12-23-20(16)27-15)25-8-4-5-14(11-25)19(26)24-17-7-6-13(2)10-21-17/h6-7,9-10,12,14H,3-5,8,11H2,1-2H3,(H,21,24,26)/t14-/m1/s1. The molecule has 3 aromatic heterocycles. The number of fused-ring (bicyclic) bond motifs is 1. The number of nitrogens with zero attached hydrogens (tertiary/aromatic N) is 4. The lowest BCUT2D eigenvalue weighted by molar-refractivity contribution is -0.120.